The van der Waals surface area contributed by atoms with Gasteiger partial charge in [-0.1, -0.05) is 17.7 Å². The van der Waals surface area contributed by atoms with Gasteiger partial charge in [0.2, 0.25) is 0 Å². The van der Waals surface area contributed by atoms with E-state index in [0.717, 1.165) is 5.56 Å². The fourth-order valence-corrected chi connectivity index (χ4v) is 1.75. The van der Waals surface area contributed by atoms with Crippen LogP contribution in [-0.2, 0) is 9.53 Å². The van der Waals surface area contributed by atoms with E-state index in [1.54, 1.807) is 14.0 Å². The van der Waals surface area contributed by atoms with Gasteiger partial charge in [0.05, 0.1) is 12.6 Å². The van der Waals surface area contributed by atoms with Crippen molar-refractivity contribution in [3.05, 3.63) is 29.8 Å². The molecular weight excluding hydrogens is 258 g/mol. The van der Waals surface area contributed by atoms with Crippen LogP contribution in [0.5, 0.6) is 5.75 Å². The Kier molecular flexibility index (Phi) is 7.04. The molecule has 0 aliphatic rings. The minimum absolute atomic E-state index is 0.00149. The number of ether oxygens (including phenoxy) is 2. The molecular formula is C15H23NO4. The van der Waals surface area contributed by atoms with Crippen LogP contribution in [0.1, 0.15) is 18.9 Å². The average molecular weight is 281 g/mol. The molecule has 2 atom stereocenters. The Morgan fingerprint density at radius 3 is 2.55 bits per heavy atom. The predicted molar refractivity (Wildman–Crippen MR) is 76.8 cm³/mol. The van der Waals surface area contributed by atoms with Crippen molar-refractivity contribution in [2.24, 2.45) is 0 Å². The highest BCUT2D eigenvalue weighted by molar-refractivity contribution is 5.81. The van der Waals surface area contributed by atoms with E-state index >= 15 is 0 Å². The zero-order valence-corrected chi connectivity index (χ0v) is 12.3. The van der Waals surface area contributed by atoms with Crippen LogP contribution < -0.4 is 10.1 Å². The Hall–Kier alpha value is -1.59. The van der Waals surface area contributed by atoms with E-state index < -0.39 is 6.10 Å². The molecule has 0 heterocycles. The van der Waals surface area contributed by atoms with Gasteiger partial charge in [-0.25, -0.2) is 0 Å². The van der Waals surface area contributed by atoms with E-state index in [4.69, 9.17) is 14.6 Å². The summed E-state index contributed by atoms with van der Waals surface area (Å²) in [5.41, 5.74) is 1.14. The number of carbonyl (C=O) groups is 1. The van der Waals surface area contributed by atoms with Gasteiger partial charge < -0.3 is 19.9 Å². The third-order valence-electron chi connectivity index (χ3n) is 2.89. The first kappa shape index (κ1) is 16.5. The predicted octanol–water partition coefficient (Wildman–Crippen LogP) is 1.28. The van der Waals surface area contributed by atoms with Crippen molar-refractivity contribution in [1.82, 2.24) is 5.32 Å². The summed E-state index contributed by atoms with van der Waals surface area (Å²) >= 11 is 0. The number of nitrogens with one attached hydrogen (secondary N) is 1. The lowest BCUT2D eigenvalue weighted by Gasteiger charge is -2.20. The summed E-state index contributed by atoms with van der Waals surface area (Å²) in [5, 5.41) is 11.7. The maximum absolute atomic E-state index is 12.0. The Bertz CT molecular complexity index is 399. The zero-order chi connectivity index (χ0) is 15.0. The van der Waals surface area contributed by atoms with Crippen molar-refractivity contribution in [1.29, 1.82) is 0 Å². The fraction of sp³-hybridized carbons (Fsp3) is 0.533. The van der Waals surface area contributed by atoms with Crippen LogP contribution in [0.25, 0.3) is 0 Å². The van der Waals surface area contributed by atoms with E-state index in [0.29, 0.717) is 18.8 Å². The first-order chi connectivity index (χ1) is 9.56. The molecule has 2 N–H and O–H groups in total. The number of amides is 1. The van der Waals surface area contributed by atoms with Crippen LogP contribution in [0.4, 0.5) is 0 Å². The van der Waals surface area contributed by atoms with Crippen molar-refractivity contribution in [2.45, 2.75) is 32.4 Å². The highest BCUT2D eigenvalue weighted by Gasteiger charge is 2.18. The molecule has 0 fully saturated rings. The molecule has 1 amide bonds. The number of carbonyl (C=O) groups excluding carboxylic acids is 1. The maximum Gasteiger partial charge on any atom is 0.261 e. The first-order valence-corrected chi connectivity index (χ1v) is 6.70. The second-order valence-corrected chi connectivity index (χ2v) is 4.75. The quantitative estimate of drug-likeness (QED) is 0.753. The molecule has 0 aromatic heterocycles. The van der Waals surface area contributed by atoms with Crippen molar-refractivity contribution in [3.63, 3.8) is 0 Å². The molecule has 0 aliphatic heterocycles. The molecule has 0 saturated heterocycles. The third-order valence-corrected chi connectivity index (χ3v) is 2.89. The normalized spacial score (nSPS) is 13.6. The van der Waals surface area contributed by atoms with E-state index in [2.05, 4.69) is 5.32 Å². The molecule has 1 aromatic carbocycles. The summed E-state index contributed by atoms with van der Waals surface area (Å²) < 4.78 is 10.6. The molecule has 0 spiro atoms. The standard InChI is InChI=1S/C15H23NO4/c1-11-4-6-14(7-5-11)20-12(2)15(18)16-13(8-9-17)10-19-3/h4-7,12-13,17H,8-10H2,1-3H3,(H,16,18). The molecule has 0 saturated carbocycles. The third kappa shape index (κ3) is 5.59. The van der Waals surface area contributed by atoms with Gasteiger partial charge in [0.1, 0.15) is 5.75 Å². The molecule has 0 bridgehead atoms. The van der Waals surface area contributed by atoms with Crippen LogP contribution in [0.3, 0.4) is 0 Å². The lowest BCUT2D eigenvalue weighted by Crippen LogP contribution is -2.44. The Labute approximate surface area is 119 Å². The Morgan fingerprint density at radius 2 is 2.00 bits per heavy atom. The van der Waals surface area contributed by atoms with Gasteiger partial charge in [0, 0.05) is 13.7 Å². The summed E-state index contributed by atoms with van der Waals surface area (Å²) in [5.74, 6) is 0.435. The molecule has 0 aliphatic carbocycles. The average Bonchev–Trinajstić information content (AvgIpc) is 2.42. The van der Waals surface area contributed by atoms with Gasteiger partial charge in [-0.05, 0) is 32.4 Å². The fourth-order valence-electron chi connectivity index (χ4n) is 1.75. The second-order valence-electron chi connectivity index (χ2n) is 4.75. The molecule has 0 radical (unpaired) electrons. The van der Waals surface area contributed by atoms with E-state index in [-0.39, 0.29) is 18.6 Å². The number of aliphatic hydroxyl groups excluding tert-OH is 1. The van der Waals surface area contributed by atoms with Crippen LogP contribution in [-0.4, -0.2) is 43.5 Å². The maximum atomic E-state index is 12.0. The molecule has 2 unspecified atom stereocenters. The van der Waals surface area contributed by atoms with Gasteiger partial charge >= 0.3 is 0 Å². The summed E-state index contributed by atoms with van der Waals surface area (Å²) in [6, 6.07) is 7.32. The van der Waals surface area contributed by atoms with E-state index in [9.17, 15) is 4.79 Å². The number of methoxy groups -OCH3 is 1. The SMILES string of the molecule is COCC(CCO)NC(=O)C(C)Oc1ccc(C)cc1. The summed E-state index contributed by atoms with van der Waals surface area (Å²) in [6.07, 6.45) is -0.146. The van der Waals surface area contributed by atoms with Gasteiger partial charge in [-0.15, -0.1) is 0 Å². The number of benzene rings is 1. The lowest BCUT2D eigenvalue weighted by molar-refractivity contribution is -0.128. The zero-order valence-electron chi connectivity index (χ0n) is 12.3. The van der Waals surface area contributed by atoms with Gasteiger partial charge in [-0.2, -0.15) is 0 Å². The van der Waals surface area contributed by atoms with Crippen molar-refractivity contribution in [2.75, 3.05) is 20.3 Å². The van der Waals surface area contributed by atoms with Crippen LogP contribution in [0.2, 0.25) is 0 Å². The second kappa shape index (κ2) is 8.55. The largest absolute Gasteiger partial charge is 0.481 e. The Morgan fingerprint density at radius 1 is 1.35 bits per heavy atom. The van der Waals surface area contributed by atoms with Gasteiger partial charge in [0.25, 0.3) is 5.91 Å². The number of rotatable bonds is 8. The molecule has 5 heteroatoms. The highest BCUT2D eigenvalue weighted by atomic mass is 16.5. The number of aliphatic hydroxyl groups is 1. The highest BCUT2D eigenvalue weighted by Crippen LogP contribution is 2.13. The summed E-state index contributed by atoms with van der Waals surface area (Å²) in [7, 11) is 1.56. The minimum Gasteiger partial charge on any atom is -0.481 e. The van der Waals surface area contributed by atoms with Crippen molar-refractivity contribution < 1.29 is 19.4 Å². The van der Waals surface area contributed by atoms with E-state index in [1.807, 2.05) is 31.2 Å². The molecule has 1 rings (SSSR count). The molecule has 20 heavy (non-hydrogen) atoms. The van der Waals surface area contributed by atoms with Crippen LogP contribution in [0.15, 0.2) is 24.3 Å². The number of aryl methyl sites for hydroxylation is 1. The van der Waals surface area contributed by atoms with Crippen molar-refractivity contribution in [3.8, 4) is 5.75 Å². The summed E-state index contributed by atoms with van der Waals surface area (Å²) in [4.78, 5) is 12.0. The van der Waals surface area contributed by atoms with Gasteiger partial charge in [0.15, 0.2) is 6.10 Å². The van der Waals surface area contributed by atoms with Gasteiger partial charge in [-0.3, -0.25) is 4.79 Å². The summed E-state index contributed by atoms with van der Waals surface area (Å²) in [6.45, 7) is 4.05. The number of hydrogen-bond acceptors (Lipinski definition) is 4. The lowest BCUT2D eigenvalue weighted by atomic mass is 10.2. The Balaban J connectivity index is 2.50. The smallest absolute Gasteiger partial charge is 0.261 e. The van der Waals surface area contributed by atoms with Crippen LogP contribution in [0, 0.1) is 6.92 Å². The van der Waals surface area contributed by atoms with E-state index in [1.165, 1.54) is 0 Å². The first-order valence-electron chi connectivity index (χ1n) is 6.70. The number of hydrogen-bond donors (Lipinski definition) is 2. The van der Waals surface area contributed by atoms with Crippen LogP contribution >= 0.6 is 0 Å². The molecule has 112 valence electrons. The topological polar surface area (TPSA) is 67.8 Å². The monoisotopic (exact) mass is 281 g/mol. The molecule has 5 nitrogen and oxygen atoms in total. The van der Waals surface area contributed by atoms with Crippen molar-refractivity contribution >= 4 is 5.91 Å². The molecule has 1 aromatic rings. The minimum atomic E-state index is -0.601.